The maximum Gasteiger partial charge on any atom is 0.0490 e. The highest BCUT2D eigenvalue weighted by Crippen LogP contribution is 2.06. The molecule has 1 rings (SSSR count). The highest BCUT2D eigenvalue weighted by atomic mass is 35.5. The van der Waals surface area contributed by atoms with Gasteiger partial charge in [-0.3, -0.25) is 0 Å². The lowest BCUT2D eigenvalue weighted by Crippen LogP contribution is -2.31. The fourth-order valence-corrected chi connectivity index (χ4v) is 1.29. The molecule has 0 heterocycles. The topological polar surface area (TPSA) is 15.3 Å². The zero-order valence-electron chi connectivity index (χ0n) is 7.83. The molecule has 0 fully saturated rings. The summed E-state index contributed by atoms with van der Waals surface area (Å²) in [7, 11) is 0. The molecule has 2 nitrogen and oxygen atoms in total. The second-order valence-electron chi connectivity index (χ2n) is 2.75. The molecule has 1 aromatic carbocycles. The highest BCUT2D eigenvalue weighted by molar-refractivity contribution is 6.18. The molecular weight excluding hydrogens is 184 g/mol. The molecule has 0 saturated carbocycles. The fourth-order valence-electron chi connectivity index (χ4n) is 1.09. The summed E-state index contributed by atoms with van der Waals surface area (Å²) >= 11 is 5.66. The number of nitrogens with zero attached hydrogens (tertiary/aromatic N) is 1. The van der Waals surface area contributed by atoms with Crippen LogP contribution >= 0.6 is 11.6 Å². The van der Waals surface area contributed by atoms with Gasteiger partial charge in [-0.1, -0.05) is 25.1 Å². The van der Waals surface area contributed by atoms with Crippen molar-refractivity contribution in [1.29, 1.82) is 0 Å². The summed E-state index contributed by atoms with van der Waals surface area (Å²) in [6, 6.07) is 10.1. The van der Waals surface area contributed by atoms with Gasteiger partial charge in [0.1, 0.15) is 0 Å². The lowest BCUT2D eigenvalue weighted by molar-refractivity contribution is 0.369. The predicted molar refractivity (Wildman–Crippen MR) is 58.0 cm³/mol. The molecule has 1 N–H and O–H groups in total. The van der Waals surface area contributed by atoms with E-state index in [0.29, 0.717) is 5.88 Å². The van der Waals surface area contributed by atoms with Gasteiger partial charge in [0.15, 0.2) is 0 Å². The number of hydrazine groups is 1. The molecular formula is C10H15ClN2. The molecule has 0 atom stereocenters. The van der Waals surface area contributed by atoms with Crippen molar-refractivity contribution in [1.82, 2.24) is 5.01 Å². The Hall–Kier alpha value is -0.730. The van der Waals surface area contributed by atoms with Gasteiger partial charge in [0.05, 0.1) is 0 Å². The first-order valence-electron chi connectivity index (χ1n) is 4.49. The number of para-hydroxylation sites is 1. The van der Waals surface area contributed by atoms with E-state index < -0.39 is 0 Å². The van der Waals surface area contributed by atoms with Crippen LogP contribution in [-0.4, -0.2) is 24.0 Å². The van der Waals surface area contributed by atoms with Gasteiger partial charge in [0.2, 0.25) is 0 Å². The average Bonchev–Trinajstić information content (AvgIpc) is 2.19. The molecule has 1 aromatic rings. The van der Waals surface area contributed by atoms with Crippen molar-refractivity contribution in [3.63, 3.8) is 0 Å². The van der Waals surface area contributed by atoms with Gasteiger partial charge in [-0.05, 0) is 12.1 Å². The molecule has 0 radical (unpaired) electrons. The summed E-state index contributed by atoms with van der Waals surface area (Å²) in [6.45, 7) is 3.90. The zero-order valence-corrected chi connectivity index (χ0v) is 8.59. The third-order valence-electron chi connectivity index (χ3n) is 1.80. The van der Waals surface area contributed by atoms with Crippen LogP contribution in [0.15, 0.2) is 30.3 Å². The number of halogens is 1. The quantitative estimate of drug-likeness (QED) is 0.578. The first-order valence-corrected chi connectivity index (χ1v) is 5.03. The van der Waals surface area contributed by atoms with E-state index in [2.05, 4.69) is 17.4 Å². The summed E-state index contributed by atoms with van der Waals surface area (Å²) in [5, 5.41) is 2.09. The first kappa shape index (κ1) is 10.4. The Bertz CT molecular complexity index is 226. The van der Waals surface area contributed by atoms with Crippen LogP contribution in [-0.2, 0) is 0 Å². The molecule has 0 aliphatic carbocycles. The zero-order chi connectivity index (χ0) is 9.52. The van der Waals surface area contributed by atoms with E-state index in [9.17, 15) is 0 Å². The van der Waals surface area contributed by atoms with Gasteiger partial charge >= 0.3 is 0 Å². The molecule has 0 amide bonds. The monoisotopic (exact) mass is 198 g/mol. The third kappa shape index (κ3) is 3.66. The van der Waals surface area contributed by atoms with E-state index in [4.69, 9.17) is 11.6 Å². The van der Waals surface area contributed by atoms with E-state index in [1.807, 2.05) is 30.3 Å². The Morgan fingerprint density at radius 1 is 1.31 bits per heavy atom. The molecule has 0 bridgehead atoms. The molecule has 3 heteroatoms. The Labute approximate surface area is 84.5 Å². The van der Waals surface area contributed by atoms with Crippen molar-refractivity contribution < 1.29 is 0 Å². The van der Waals surface area contributed by atoms with E-state index in [0.717, 1.165) is 18.8 Å². The van der Waals surface area contributed by atoms with Crippen molar-refractivity contribution in [3.8, 4) is 0 Å². The summed E-state index contributed by atoms with van der Waals surface area (Å²) in [5.41, 5.74) is 4.38. The molecule has 0 aliphatic heterocycles. The van der Waals surface area contributed by atoms with Crippen LogP contribution in [0.4, 0.5) is 5.69 Å². The van der Waals surface area contributed by atoms with Crippen molar-refractivity contribution in [2.75, 3.05) is 24.4 Å². The Kier molecular flexibility index (Phi) is 4.65. The lowest BCUT2D eigenvalue weighted by Gasteiger charge is -2.21. The largest absolute Gasteiger partial charge is 0.319 e. The first-order chi connectivity index (χ1) is 6.36. The second kappa shape index (κ2) is 5.84. The molecule has 13 heavy (non-hydrogen) atoms. The van der Waals surface area contributed by atoms with Gasteiger partial charge in [-0.25, -0.2) is 5.01 Å². The number of hydrogen-bond acceptors (Lipinski definition) is 2. The van der Waals surface area contributed by atoms with Crippen molar-refractivity contribution >= 4 is 17.3 Å². The normalized spacial score (nSPS) is 10.4. The predicted octanol–water partition coefficient (Wildman–Crippen LogP) is 2.57. The second-order valence-corrected chi connectivity index (χ2v) is 3.12. The minimum absolute atomic E-state index is 0.647. The lowest BCUT2D eigenvalue weighted by atomic mass is 10.3. The fraction of sp³-hybridized carbons (Fsp3) is 0.400. The number of benzene rings is 1. The van der Waals surface area contributed by atoms with Crippen LogP contribution in [0, 0.1) is 0 Å². The molecule has 0 aromatic heterocycles. The molecule has 72 valence electrons. The van der Waals surface area contributed by atoms with Crippen molar-refractivity contribution in [2.45, 2.75) is 6.92 Å². The van der Waals surface area contributed by atoms with Crippen molar-refractivity contribution in [3.05, 3.63) is 30.3 Å². The summed E-state index contributed by atoms with van der Waals surface area (Å²) in [5.74, 6) is 0.647. The van der Waals surface area contributed by atoms with Crippen LogP contribution in [0.3, 0.4) is 0 Å². The number of rotatable bonds is 5. The molecule has 0 saturated heterocycles. The maximum absolute atomic E-state index is 5.66. The van der Waals surface area contributed by atoms with Crippen LogP contribution in [0.5, 0.6) is 0 Å². The van der Waals surface area contributed by atoms with E-state index >= 15 is 0 Å². The number of nitrogens with one attached hydrogen (secondary N) is 1. The van der Waals surface area contributed by atoms with E-state index in [1.54, 1.807) is 0 Å². The minimum atomic E-state index is 0.647. The Balaban J connectivity index is 2.46. The van der Waals surface area contributed by atoms with Gasteiger partial charge in [-0.2, -0.15) is 0 Å². The Morgan fingerprint density at radius 3 is 2.54 bits per heavy atom. The molecule has 0 unspecified atom stereocenters. The smallest absolute Gasteiger partial charge is 0.0490 e. The van der Waals surface area contributed by atoms with Crippen LogP contribution in [0.1, 0.15) is 6.92 Å². The average molecular weight is 199 g/mol. The van der Waals surface area contributed by atoms with Crippen molar-refractivity contribution in [2.24, 2.45) is 0 Å². The standard InChI is InChI=1S/C10H15ClN2/c1-2-13(9-8-11)12-10-6-4-3-5-7-10/h3-7,12H,2,8-9H2,1H3. The summed E-state index contributed by atoms with van der Waals surface area (Å²) in [4.78, 5) is 0. The maximum atomic E-state index is 5.66. The molecule has 0 spiro atoms. The van der Waals surface area contributed by atoms with Gasteiger partial charge < -0.3 is 5.43 Å². The van der Waals surface area contributed by atoms with Crippen LogP contribution in [0.25, 0.3) is 0 Å². The van der Waals surface area contributed by atoms with Gasteiger partial charge in [-0.15, -0.1) is 11.6 Å². The Morgan fingerprint density at radius 2 is 2.00 bits per heavy atom. The highest BCUT2D eigenvalue weighted by Gasteiger charge is 1.99. The van der Waals surface area contributed by atoms with Gasteiger partial charge in [0.25, 0.3) is 0 Å². The molecule has 0 aliphatic rings. The summed E-state index contributed by atoms with van der Waals surface area (Å²) < 4.78 is 0. The minimum Gasteiger partial charge on any atom is -0.319 e. The number of hydrogen-bond donors (Lipinski definition) is 1. The third-order valence-corrected chi connectivity index (χ3v) is 1.97. The van der Waals surface area contributed by atoms with E-state index in [1.165, 1.54) is 0 Å². The van der Waals surface area contributed by atoms with Gasteiger partial charge in [0, 0.05) is 24.7 Å². The number of anilines is 1. The van der Waals surface area contributed by atoms with Crippen LogP contribution < -0.4 is 5.43 Å². The SMILES string of the molecule is CCN(CCCl)Nc1ccccc1. The van der Waals surface area contributed by atoms with E-state index in [-0.39, 0.29) is 0 Å². The van der Waals surface area contributed by atoms with Crippen LogP contribution in [0.2, 0.25) is 0 Å². The number of alkyl halides is 1. The summed E-state index contributed by atoms with van der Waals surface area (Å²) in [6.07, 6.45) is 0.